The Labute approximate surface area is 147 Å². The van der Waals surface area contributed by atoms with Gasteiger partial charge in [0.25, 0.3) is 0 Å². The van der Waals surface area contributed by atoms with E-state index in [9.17, 15) is 8.42 Å². The van der Waals surface area contributed by atoms with Gasteiger partial charge in [0.2, 0.25) is 10.0 Å². The SMILES string of the molecule is COc1ccc(OC)c(S(=O)(=O)NCc2cccc3ccccc23)c1. The monoisotopic (exact) mass is 357 g/mol. The van der Waals surface area contributed by atoms with Crippen LogP contribution in [0.15, 0.2) is 65.6 Å². The Kier molecular flexibility index (Phi) is 4.92. The summed E-state index contributed by atoms with van der Waals surface area (Å²) in [5, 5.41) is 2.09. The van der Waals surface area contributed by atoms with Crippen molar-refractivity contribution in [2.75, 3.05) is 14.2 Å². The number of rotatable bonds is 6. The summed E-state index contributed by atoms with van der Waals surface area (Å²) in [6, 6.07) is 18.4. The van der Waals surface area contributed by atoms with Crippen molar-refractivity contribution in [1.29, 1.82) is 0 Å². The highest BCUT2D eigenvalue weighted by Gasteiger charge is 2.20. The second-order valence-electron chi connectivity index (χ2n) is 5.48. The molecule has 0 heterocycles. The van der Waals surface area contributed by atoms with Gasteiger partial charge in [0.05, 0.1) is 14.2 Å². The van der Waals surface area contributed by atoms with Crippen molar-refractivity contribution >= 4 is 20.8 Å². The van der Waals surface area contributed by atoms with E-state index >= 15 is 0 Å². The fraction of sp³-hybridized carbons (Fsp3) is 0.158. The normalized spacial score (nSPS) is 11.4. The number of nitrogens with one attached hydrogen (secondary N) is 1. The summed E-state index contributed by atoms with van der Waals surface area (Å²) in [6.07, 6.45) is 0. The molecule has 5 nitrogen and oxygen atoms in total. The van der Waals surface area contributed by atoms with Gasteiger partial charge in [-0.1, -0.05) is 42.5 Å². The lowest BCUT2D eigenvalue weighted by Gasteiger charge is -2.13. The molecule has 0 fully saturated rings. The number of sulfonamides is 1. The highest BCUT2D eigenvalue weighted by Crippen LogP contribution is 2.28. The molecule has 0 aliphatic carbocycles. The largest absolute Gasteiger partial charge is 0.497 e. The van der Waals surface area contributed by atoms with E-state index in [4.69, 9.17) is 9.47 Å². The maximum Gasteiger partial charge on any atom is 0.244 e. The quantitative estimate of drug-likeness (QED) is 0.735. The third-order valence-electron chi connectivity index (χ3n) is 3.99. The van der Waals surface area contributed by atoms with Crippen LogP contribution in [0.5, 0.6) is 11.5 Å². The molecule has 3 aromatic rings. The number of hydrogen-bond acceptors (Lipinski definition) is 4. The molecule has 130 valence electrons. The van der Waals surface area contributed by atoms with Gasteiger partial charge >= 0.3 is 0 Å². The Morgan fingerprint density at radius 3 is 2.44 bits per heavy atom. The van der Waals surface area contributed by atoms with E-state index in [0.29, 0.717) is 5.75 Å². The van der Waals surface area contributed by atoms with Crippen molar-refractivity contribution in [2.45, 2.75) is 11.4 Å². The van der Waals surface area contributed by atoms with Gasteiger partial charge in [0, 0.05) is 12.6 Å². The third kappa shape index (κ3) is 3.60. The second-order valence-corrected chi connectivity index (χ2v) is 7.21. The number of hydrogen-bond donors (Lipinski definition) is 1. The maximum absolute atomic E-state index is 12.7. The van der Waals surface area contributed by atoms with Crippen LogP contribution in [0.25, 0.3) is 10.8 Å². The van der Waals surface area contributed by atoms with Gasteiger partial charge in [-0.15, -0.1) is 0 Å². The van der Waals surface area contributed by atoms with Gasteiger partial charge < -0.3 is 9.47 Å². The van der Waals surface area contributed by atoms with Crippen molar-refractivity contribution in [2.24, 2.45) is 0 Å². The van der Waals surface area contributed by atoms with Crippen molar-refractivity contribution in [1.82, 2.24) is 4.72 Å². The molecule has 0 spiro atoms. The zero-order valence-electron chi connectivity index (χ0n) is 14.0. The summed E-state index contributed by atoms with van der Waals surface area (Å²) in [5.74, 6) is 0.720. The molecule has 0 saturated heterocycles. The Balaban J connectivity index is 1.92. The van der Waals surface area contributed by atoms with Gasteiger partial charge in [-0.25, -0.2) is 13.1 Å². The average molecular weight is 357 g/mol. The van der Waals surface area contributed by atoms with E-state index < -0.39 is 10.0 Å². The molecule has 0 saturated carbocycles. The number of methoxy groups -OCH3 is 2. The average Bonchev–Trinajstić information content (AvgIpc) is 2.65. The first kappa shape index (κ1) is 17.3. The maximum atomic E-state index is 12.7. The molecule has 0 atom stereocenters. The van der Waals surface area contributed by atoms with Crippen molar-refractivity contribution < 1.29 is 17.9 Å². The summed E-state index contributed by atoms with van der Waals surface area (Å²) < 4.78 is 38.4. The minimum Gasteiger partial charge on any atom is -0.497 e. The lowest BCUT2D eigenvalue weighted by Crippen LogP contribution is -2.24. The summed E-state index contributed by atoms with van der Waals surface area (Å²) in [6.45, 7) is 0.185. The first-order valence-electron chi connectivity index (χ1n) is 7.73. The van der Waals surface area contributed by atoms with Crippen LogP contribution >= 0.6 is 0 Å². The lowest BCUT2D eigenvalue weighted by molar-refractivity contribution is 0.392. The summed E-state index contributed by atoms with van der Waals surface area (Å²) in [4.78, 5) is 0.0505. The van der Waals surface area contributed by atoms with Crippen LogP contribution in [-0.4, -0.2) is 22.6 Å². The van der Waals surface area contributed by atoms with Gasteiger partial charge in [-0.2, -0.15) is 0 Å². The van der Waals surface area contributed by atoms with Crippen LogP contribution in [0, 0.1) is 0 Å². The molecule has 6 heteroatoms. The molecule has 0 unspecified atom stereocenters. The van der Waals surface area contributed by atoms with Crippen molar-refractivity contribution in [3.63, 3.8) is 0 Å². The van der Waals surface area contributed by atoms with E-state index in [0.717, 1.165) is 16.3 Å². The van der Waals surface area contributed by atoms with Crippen molar-refractivity contribution in [3.05, 3.63) is 66.2 Å². The van der Waals surface area contributed by atoms with E-state index in [-0.39, 0.29) is 17.2 Å². The smallest absolute Gasteiger partial charge is 0.244 e. The molecule has 25 heavy (non-hydrogen) atoms. The third-order valence-corrected chi connectivity index (χ3v) is 5.42. The Hall–Kier alpha value is -2.57. The molecule has 0 aromatic heterocycles. The second kappa shape index (κ2) is 7.13. The van der Waals surface area contributed by atoms with Gasteiger partial charge in [-0.05, 0) is 28.5 Å². The van der Waals surface area contributed by atoms with Crippen molar-refractivity contribution in [3.8, 4) is 11.5 Å². The molecule has 0 amide bonds. The zero-order valence-corrected chi connectivity index (χ0v) is 14.8. The van der Waals surface area contributed by atoms with Crippen LogP contribution in [0.2, 0.25) is 0 Å². The van der Waals surface area contributed by atoms with Crippen LogP contribution in [0.4, 0.5) is 0 Å². The van der Waals surface area contributed by atoms with Crippen LogP contribution in [0.3, 0.4) is 0 Å². The molecule has 0 bridgehead atoms. The molecule has 0 aliphatic heterocycles. The van der Waals surface area contributed by atoms with Gasteiger partial charge in [0.1, 0.15) is 16.4 Å². The minimum atomic E-state index is -3.76. The van der Waals surface area contributed by atoms with Crippen LogP contribution < -0.4 is 14.2 Å². The van der Waals surface area contributed by atoms with E-state index in [1.807, 2.05) is 42.5 Å². The number of fused-ring (bicyclic) bond motifs is 1. The number of benzene rings is 3. The Bertz CT molecular complexity index is 994. The summed E-state index contributed by atoms with van der Waals surface area (Å²) in [5.41, 5.74) is 0.906. The Morgan fingerprint density at radius 2 is 1.68 bits per heavy atom. The van der Waals surface area contributed by atoms with Crippen LogP contribution in [-0.2, 0) is 16.6 Å². The van der Waals surface area contributed by atoms with E-state index in [2.05, 4.69) is 4.72 Å². The van der Waals surface area contributed by atoms with Crippen LogP contribution in [0.1, 0.15) is 5.56 Å². The standard InChI is InChI=1S/C19H19NO4S/c1-23-16-10-11-18(24-2)19(12-16)25(21,22)20-13-15-8-5-7-14-6-3-4-9-17(14)15/h3-12,20H,13H2,1-2H3. The fourth-order valence-corrected chi connectivity index (χ4v) is 3.88. The highest BCUT2D eigenvalue weighted by molar-refractivity contribution is 7.89. The predicted molar refractivity (Wildman–Crippen MR) is 97.5 cm³/mol. The molecule has 0 aliphatic rings. The fourth-order valence-electron chi connectivity index (χ4n) is 2.69. The number of ether oxygens (including phenoxy) is 2. The summed E-state index contributed by atoms with van der Waals surface area (Å²) >= 11 is 0. The first-order valence-corrected chi connectivity index (χ1v) is 9.22. The topological polar surface area (TPSA) is 64.6 Å². The molecular weight excluding hydrogens is 338 g/mol. The molecule has 1 N–H and O–H groups in total. The molecule has 3 rings (SSSR count). The molecule has 0 radical (unpaired) electrons. The van der Waals surface area contributed by atoms with E-state index in [1.165, 1.54) is 20.3 Å². The molecular formula is C19H19NO4S. The first-order chi connectivity index (χ1) is 12.0. The summed E-state index contributed by atoms with van der Waals surface area (Å²) in [7, 11) is -0.834. The van der Waals surface area contributed by atoms with Gasteiger partial charge in [-0.3, -0.25) is 0 Å². The predicted octanol–water partition coefficient (Wildman–Crippen LogP) is 3.34. The molecule has 3 aromatic carbocycles. The van der Waals surface area contributed by atoms with E-state index in [1.54, 1.807) is 12.1 Å². The zero-order chi connectivity index (χ0) is 17.9. The highest BCUT2D eigenvalue weighted by atomic mass is 32.2. The minimum absolute atomic E-state index is 0.0505. The Morgan fingerprint density at radius 1 is 0.920 bits per heavy atom. The van der Waals surface area contributed by atoms with Gasteiger partial charge in [0.15, 0.2) is 0 Å². The lowest BCUT2D eigenvalue weighted by atomic mass is 10.1.